The van der Waals surface area contributed by atoms with E-state index in [9.17, 15) is 0 Å². The molecule has 1 heteroatoms. The van der Waals surface area contributed by atoms with Crippen molar-refractivity contribution in [2.45, 2.75) is 39.5 Å². The van der Waals surface area contributed by atoms with Crippen LogP contribution in [0.4, 0.5) is 0 Å². The second-order valence-corrected chi connectivity index (χ2v) is 5.50. The summed E-state index contributed by atoms with van der Waals surface area (Å²) >= 11 is 0. The molecule has 0 N–H and O–H groups in total. The number of benzene rings is 1. The van der Waals surface area contributed by atoms with Crippen LogP contribution in [0.5, 0.6) is 0 Å². The summed E-state index contributed by atoms with van der Waals surface area (Å²) in [5.74, 6) is 0.948. The topological polar surface area (TPSA) is 0 Å². The zero-order chi connectivity index (χ0) is 10.9. The van der Waals surface area contributed by atoms with Gasteiger partial charge in [0.2, 0.25) is 0 Å². The standard InChI is InChI=1S/C14H23P/c1-3-5-9-13(4-2)12-15-14-10-7-6-8-11-14/h6-8,10-11,13,15H,3-5,9,12H2,1-2H3. The van der Waals surface area contributed by atoms with E-state index in [4.69, 9.17) is 0 Å². The SMILES string of the molecule is CCCCC(CC)CPc1ccccc1. The molecule has 0 fully saturated rings. The van der Waals surface area contributed by atoms with Crippen LogP contribution < -0.4 is 5.30 Å². The van der Waals surface area contributed by atoms with E-state index in [2.05, 4.69) is 44.2 Å². The first-order valence-corrected chi connectivity index (χ1v) is 7.36. The van der Waals surface area contributed by atoms with Gasteiger partial charge in [0.1, 0.15) is 0 Å². The van der Waals surface area contributed by atoms with Crippen LogP contribution in [0.15, 0.2) is 30.3 Å². The van der Waals surface area contributed by atoms with Crippen LogP contribution in [0, 0.1) is 5.92 Å². The summed E-state index contributed by atoms with van der Waals surface area (Å²) in [7, 11) is 1.00. The van der Waals surface area contributed by atoms with Gasteiger partial charge < -0.3 is 0 Å². The van der Waals surface area contributed by atoms with Gasteiger partial charge >= 0.3 is 0 Å². The molecule has 1 rings (SSSR count). The van der Waals surface area contributed by atoms with E-state index in [0.717, 1.165) is 14.5 Å². The Hall–Kier alpha value is -0.350. The smallest absolute Gasteiger partial charge is 0.0271 e. The molecule has 0 nitrogen and oxygen atoms in total. The van der Waals surface area contributed by atoms with Crippen LogP contribution in [0.2, 0.25) is 0 Å². The Balaban J connectivity index is 2.28. The Morgan fingerprint density at radius 1 is 1.13 bits per heavy atom. The minimum absolute atomic E-state index is 0.948. The normalized spacial score (nSPS) is 13.5. The summed E-state index contributed by atoms with van der Waals surface area (Å²) < 4.78 is 0. The molecule has 0 aliphatic carbocycles. The minimum Gasteiger partial charge on any atom is -0.0901 e. The second kappa shape index (κ2) is 7.88. The number of hydrogen-bond acceptors (Lipinski definition) is 0. The van der Waals surface area contributed by atoms with Gasteiger partial charge in [-0.1, -0.05) is 78.4 Å². The van der Waals surface area contributed by atoms with Gasteiger partial charge in [-0.3, -0.25) is 0 Å². The molecule has 0 aliphatic rings. The first-order chi connectivity index (χ1) is 7.36. The first kappa shape index (κ1) is 12.7. The van der Waals surface area contributed by atoms with Crippen molar-refractivity contribution < 1.29 is 0 Å². The van der Waals surface area contributed by atoms with E-state index in [1.807, 2.05) is 0 Å². The fourth-order valence-electron chi connectivity index (χ4n) is 1.76. The van der Waals surface area contributed by atoms with Crippen LogP contribution in [-0.2, 0) is 0 Å². The van der Waals surface area contributed by atoms with Crippen LogP contribution in [-0.4, -0.2) is 6.16 Å². The predicted molar refractivity (Wildman–Crippen MR) is 72.6 cm³/mol. The third kappa shape index (κ3) is 5.33. The maximum atomic E-state index is 2.33. The van der Waals surface area contributed by atoms with Crippen LogP contribution in [0.1, 0.15) is 39.5 Å². The summed E-state index contributed by atoms with van der Waals surface area (Å²) in [5.41, 5.74) is 0. The number of hydrogen-bond donors (Lipinski definition) is 0. The Kier molecular flexibility index (Phi) is 6.68. The summed E-state index contributed by atoms with van der Waals surface area (Å²) in [5, 5.41) is 1.52. The molecule has 0 aromatic heterocycles. The highest BCUT2D eigenvalue weighted by Gasteiger charge is 2.05. The van der Waals surface area contributed by atoms with E-state index < -0.39 is 0 Å². The average molecular weight is 222 g/mol. The average Bonchev–Trinajstić information content (AvgIpc) is 2.31. The lowest BCUT2D eigenvalue weighted by Crippen LogP contribution is -2.04. The minimum atomic E-state index is 0.948. The van der Waals surface area contributed by atoms with Crippen LogP contribution in [0.3, 0.4) is 0 Å². The molecule has 0 amide bonds. The largest absolute Gasteiger partial charge is 0.0901 e. The van der Waals surface area contributed by atoms with Crippen molar-refractivity contribution in [3.05, 3.63) is 30.3 Å². The van der Waals surface area contributed by atoms with Gasteiger partial charge in [0, 0.05) is 0 Å². The molecule has 2 atom stereocenters. The Labute approximate surface area is 96.3 Å². The van der Waals surface area contributed by atoms with Crippen molar-refractivity contribution in [1.29, 1.82) is 0 Å². The fourth-order valence-corrected chi connectivity index (χ4v) is 3.21. The molecule has 0 bridgehead atoms. The molecule has 1 aromatic rings. The van der Waals surface area contributed by atoms with Crippen LogP contribution >= 0.6 is 8.58 Å². The Morgan fingerprint density at radius 3 is 2.47 bits per heavy atom. The second-order valence-electron chi connectivity index (χ2n) is 4.16. The molecule has 84 valence electrons. The lowest BCUT2D eigenvalue weighted by atomic mass is 10.0. The highest BCUT2D eigenvalue weighted by Crippen LogP contribution is 2.21. The maximum absolute atomic E-state index is 2.33. The molecule has 0 saturated carbocycles. The molecule has 15 heavy (non-hydrogen) atoms. The van der Waals surface area contributed by atoms with E-state index in [0.29, 0.717) is 0 Å². The van der Waals surface area contributed by atoms with Crippen molar-refractivity contribution in [3.63, 3.8) is 0 Å². The van der Waals surface area contributed by atoms with Crippen LogP contribution in [0.25, 0.3) is 0 Å². The maximum Gasteiger partial charge on any atom is -0.0271 e. The zero-order valence-electron chi connectivity index (χ0n) is 10.00. The number of unbranched alkanes of at least 4 members (excludes halogenated alkanes) is 1. The third-order valence-corrected chi connectivity index (χ3v) is 4.43. The van der Waals surface area contributed by atoms with Gasteiger partial charge in [-0.25, -0.2) is 0 Å². The van der Waals surface area contributed by atoms with E-state index in [1.165, 1.54) is 37.1 Å². The lowest BCUT2D eigenvalue weighted by molar-refractivity contribution is 0.499. The zero-order valence-corrected chi connectivity index (χ0v) is 11.0. The first-order valence-electron chi connectivity index (χ1n) is 6.15. The monoisotopic (exact) mass is 222 g/mol. The molecule has 2 unspecified atom stereocenters. The number of rotatable bonds is 7. The van der Waals surface area contributed by atoms with Gasteiger partial charge in [0.15, 0.2) is 0 Å². The van der Waals surface area contributed by atoms with Gasteiger partial charge in [-0.2, -0.15) is 0 Å². The third-order valence-electron chi connectivity index (χ3n) is 2.91. The van der Waals surface area contributed by atoms with E-state index in [1.54, 1.807) is 0 Å². The van der Waals surface area contributed by atoms with Gasteiger partial charge in [0.05, 0.1) is 0 Å². The molecule has 0 spiro atoms. The molecule has 0 saturated heterocycles. The molecule has 0 aliphatic heterocycles. The van der Waals surface area contributed by atoms with Gasteiger partial charge in [0.25, 0.3) is 0 Å². The molecule has 0 radical (unpaired) electrons. The van der Waals surface area contributed by atoms with Crippen molar-refractivity contribution in [3.8, 4) is 0 Å². The quantitative estimate of drug-likeness (QED) is 0.606. The summed E-state index contributed by atoms with van der Waals surface area (Å²) in [4.78, 5) is 0. The summed E-state index contributed by atoms with van der Waals surface area (Å²) in [6.07, 6.45) is 6.90. The van der Waals surface area contributed by atoms with Crippen molar-refractivity contribution in [1.82, 2.24) is 0 Å². The van der Waals surface area contributed by atoms with Crippen molar-refractivity contribution >= 4 is 13.9 Å². The van der Waals surface area contributed by atoms with E-state index in [-0.39, 0.29) is 0 Å². The summed E-state index contributed by atoms with van der Waals surface area (Å²) in [6.45, 7) is 4.61. The fraction of sp³-hybridized carbons (Fsp3) is 0.571. The van der Waals surface area contributed by atoms with Crippen molar-refractivity contribution in [2.24, 2.45) is 5.92 Å². The summed E-state index contributed by atoms with van der Waals surface area (Å²) in [6, 6.07) is 10.9. The Morgan fingerprint density at radius 2 is 1.87 bits per heavy atom. The van der Waals surface area contributed by atoms with E-state index >= 15 is 0 Å². The van der Waals surface area contributed by atoms with Gasteiger partial charge in [-0.05, 0) is 17.4 Å². The molecular formula is C14H23P. The lowest BCUT2D eigenvalue weighted by Gasteiger charge is -2.13. The predicted octanol–water partition coefficient (Wildman–Crippen LogP) is 4.21. The molecular weight excluding hydrogens is 199 g/mol. The Bertz CT molecular complexity index is 243. The highest BCUT2D eigenvalue weighted by atomic mass is 31.1. The van der Waals surface area contributed by atoms with Gasteiger partial charge in [-0.15, -0.1) is 0 Å². The van der Waals surface area contributed by atoms with Crippen molar-refractivity contribution in [2.75, 3.05) is 6.16 Å². The molecule has 0 heterocycles. The highest BCUT2D eigenvalue weighted by molar-refractivity contribution is 7.47. The molecule has 1 aromatic carbocycles.